The Morgan fingerprint density at radius 2 is 2.12 bits per heavy atom. The monoisotopic (exact) mass is 236 g/mol. The minimum absolute atomic E-state index is 0.0472. The summed E-state index contributed by atoms with van der Waals surface area (Å²) >= 11 is 0. The van der Waals surface area contributed by atoms with Crippen molar-refractivity contribution >= 4 is 5.97 Å². The van der Waals surface area contributed by atoms with Gasteiger partial charge < -0.3 is 14.9 Å². The van der Waals surface area contributed by atoms with Gasteiger partial charge in [0, 0.05) is 6.42 Å². The fraction of sp³-hybridized carbons (Fsp3) is 0.308. The number of carbonyl (C=O) groups excluding carboxylic acids is 1. The number of rotatable bonds is 5. The van der Waals surface area contributed by atoms with Crippen LogP contribution in [-0.4, -0.2) is 22.5 Å². The number of hydrogen-bond acceptors (Lipinski definition) is 4. The summed E-state index contributed by atoms with van der Waals surface area (Å²) in [7, 11) is 0. The van der Waals surface area contributed by atoms with Crippen LogP contribution < -0.4 is 0 Å². The summed E-state index contributed by atoms with van der Waals surface area (Å²) in [5.41, 5.74) is 0.0472. The Hall–Kier alpha value is -1.81. The lowest BCUT2D eigenvalue weighted by atomic mass is 10.2. The van der Waals surface area contributed by atoms with Crippen LogP contribution in [0.5, 0.6) is 5.75 Å². The number of ether oxygens (including phenoxy) is 1. The third-order valence-electron chi connectivity index (χ3n) is 2.11. The van der Waals surface area contributed by atoms with E-state index in [1.807, 2.05) is 13.0 Å². The quantitative estimate of drug-likeness (QED) is 0.467. The van der Waals surface area contributed by atoms with Gasteiger partial charge in [-0.1, -0.05) is 31.2 Å². The summed E-state index contributed by atoms with van der Waals surface area (Å²) in [4.78, 5) is 11.5. The fourth-order valence-corrected chi connectivity index (χ4v) is 1.26. The first kappa shape index (κ1) is 13.3. The van der Waals surface area contributed by atoms with Gasteiger partial charge in [0.2, 0.25) is 6.29 Å². The summed E-state index contributed by atoms with van der Waals surface area (Å²) in [5.74, 6) is -0.894. The van der Waals surface area contributed by atoms with E-state index >= 15 is 0 Å². The van der Waals surface area contributed by atoms with E-state index in [2.05, 4.69) is 0 Å². The Morgan fingerprint density at radius 3 is 2.76 bits per heavy atom. The predicted octanol–water partition coefficient (Wildman–Crippen LogP) is 2.22. The molecule has 0 bridgehead atoms. The van der Waals surface area contributed by atoms with Crippen molar-refractivity contribution < 1.29 is 19.7 Å². The summed E-state index contributed by atoms with van der Waals surface area (Å²) in [6, 6.07) is 6.04. The predicted molar refractivity (Wildman–Crippen MR) is 63.6 cm³/mol. The molecule has 0 aliphatic carbocycles. The van der Waals surface area contributed by atoms with Crippen molar-refractivity contribution in [1.82, 2.24) is 0 Å². The van der Waals surface area contributed by atoms with Gasteiger partial charge in [0.1, 0.15) is 11.3 Å². The van der Waals surface area contributed by atoms with E-state index in [4.69, 9.17) is 4.74 Å². The van der Waals surface area contributed by atoms with Crippen LogP contribution in [0.2, 0.25) is 0 Å². The van der Waals surface area contributed by atoms with Crippen molar-refractivity contribution in [3.05, 3.63) is 42.0 Å². The molecule has 17 heavy (non-hydrogen) atoms. The van der Waals surface area contributed by atoms with E-state index < -0.39 is 12.3 Å². The van der Waals surface area contributed by atoms with Gasteiger partial charge in [0.25, 0.3) is 0 Å². The number of benzene rings is 1. The van der Waals surface area contributed by atoms with Gasteiger partial charge in [0.15, 0.2) is 0 Å². The number of carbonyl (C=O) groups is 1. The third kappa shape index (κ3) is 4.28. The summed E-state index contributed by atoms with van der Waals surface area (Å²) in [6.45, 7) is 1.97. The number of hydrogen-bond donors (Lipinski definition) is 2. The summed E-state index contributed by atoms with van der Waals surface area (Å²) in [5, 5.41) is 18.8. The molecule has 4 heteroatoms. The Bertz CT molecular complexity index is 398. The van der Waals surface area contributed by atoms with Crippen LogP contribution in [0.1, 0.15) is 30.1 Å². The molecule has 2 N–H and O–H groups in total. The highest BCUT2D eigenvalue weighted by Gasteiger charge is 2.15. The maximum atomic E-state index is 11.5. The van der Waals surface area contributed by atoms with E-state index in [0.29, 0.717) is 0 Å². The highest BCUT2D eigenvalue weighted by molar-refractivity contribution is 5.92. The Balaban J connectivity index is 2.55. The molecule has 4 nitrogen and oxygen atoms in total. The van der Waals surface area contributed by atoms with Crippen molar-refractivity contribution in [2.75, 3.05) is 0 Å². The summed E-state index contributed by atoms with van der Waals surface area (Å²) in [6.07, 6.45) is 3.53. The molecule has 0 spiro atoms. The first-order valence-electron chi connectivity index (χ1n) is 5.47. The van der Waals surface area contributed by atoms with Crippen molar-refractivity contribution in [1.29, 1.82) is 0 Å². The second-order valence-electron chi connectivity index (χ2n) is 3.49. The largest absolute Gasteiger partial charge is 0.507 e. The lowest BCUT2D eigenvalue weighted by Gasteiger charge is -2.10. The molecule has 0 heterocycles. The number of phenols is 1. The second kappa shape index (κ2) is 6.70. The van der Waals surface area contributed by atoms with E-state index in [1.165, 1.54) is 12.1 Å². The second-order valence-corrected chi connectivity index (χ2v) is 3.49. The maximum Gasteiger partial charge on any atom is 0.344 e. The van der Waals surface area contributed by atoms with Gasteiger partial charge in [-0.2, -0.15) is 0 Å². The lowest BCUT2D eigenvalue weighted by Crippen LogP contribution is -2.17. The fourth-order valence-electron chi connectivity index (χ4n) is 1.26. The molecule has 0 saturated heterocycles. The molecule has 0 amide bonds. The number of allylic oxidation sites excluding steroid dienone is 1. The minimum atomic E-state index is -1.19. The number of aliphatic hydroxyl groups is 1. The van der Waals surface area contributed by atoms with Crippen LogP contribution in [0.3, 0.4) is 0 Å². The average Bonchev–Trinajstić information content (AvgIpc) is 2.29. The zero-order valence-corrected chi connectivity index (χ0v) is 9.67. The van der Waals surface area contributed by atoms with Gasteiger partial charge >= 0.3 is 5.97 Å². The van der Waals surface area contributed by atoms with E-state index in [-0.39, 0.29) is 17.7 Å². The van der Waals surface area contributed by atoms with E-state index in [1.54, 1.807) is 18.2 Å². The first-order chi connectivity index (χ1) is 8.15. The van der Waals surface area contributed by atoms with Crippen molar-refractivity contribution in [3.8, 4) is 5.75 Å². The highest BCUT2D eigenvalue weighted by Crippen LogP contribution is 2.17. The van der Waals surface area contributed by atoms with Crippen molar-refractivity contribution in [2.24, 2.45) is 0 Å². The van der Waals surface area contributed by atoms with Crippen LogP contribution in [0.15, 0.2) is 36.4 Å². The molecule has 1 atom stereocenters. The smallest absolute Gasteiger partial charge is 0.344 e. The molecule has 1 unspecified atom stereocenters. The molecule has 1 aromatic carbocycles. The molecular weight excluding hydrogens is 220 g/mol. The number of esters is 1. The van der Waals surface area contributed by atoms with Crippen LogP contribution >= 0.6 is 0 Å². The van der Waals surface area contributed by atoms with Gasteiger partial charge in [-0.05, 0) is 18.6 Å². The normalized spacial score (nSPS) is 12.6. The maximum absolute atomic E-state index is 11.5. The molecule has 0 saturated carbocycles. The Kier molecular flexibility index (Phi) is 5.23. The topological polar surface area (TPSA) is 66.8 Å². The van der Waals surface area contributed by atoms with Gasteiger partial charge in [-0.3, -0.25) is 0 Å². The molecule has 0 aromatic heterocycles. The van der Waals surface area contributed by atoms with Gasteiger partial charge in [-0.15, -0.1) is 0 Å². The zero-order chi connectivity index (χ0) is 12.7. The van der Waals surface area contributed by atoms with Crippen LogP contribution in [-0.2, 0) is 4.74 Å². The zero-order valence-electron chi connectivity index (χ0n) is 9.67. The van der Waals surface area contributed by atoms with E-state index in [9.17, 15) is 15.0 Å². The summed E-state index contributed by atoms with van der Waals surface area (Å²) < 4.78 is 4.77. The molecule has 0 fully saturated rings. The van der Waals surface area contributed by atoms with Gasteiger partial charge in [0.05, 0.1) is 0 Å². The molecule has 1 aromatic rings. The van der Waals surface area contributed by atoms with Crippen LogP contribution in [0.25, 0.3) is 0 Å². The third-order valence-corrected chi connectivity index (χ3v) is 2.11. The molecular formula is C13H16O4. The molecule has 92 valence electrons. The molecule has 0 aliphatic rings. The number of phenolic OH excluding ortho intramolecular Hbond substituents is 1. The number of aliphatic hydroxyl groups excluding tert-OH is 1. The van der Waals surface area contributed by atoms with Crippen molar-refractivity contribution in [3.63, 3.8) is 0 Å². The van der Waals surface area contributed by atoms with Gasteiger partial charge in [-0.25, -0.2) is 4.79 Å². The van der Waals surface area contributed by atoms with Crippen molar-refractivity contribution in [2.45, 2.75) is 26.1 Å². The first-order valence-corrected chi connectivity index (χ1v) is 5.47. The Morgan fingerprint density at radius 1 is 1.41 bits per heavy atom. The van der Waals surface area contributed by atoms with Crippen LogP contribution in [0, 0.1) is 0 Å². The molecule has 0 radical (unpaired) electrons. The standard InChI is InChI=1S/C13H16O4/c1-2-3-4-9-12(15)17-13(16)10-7-5-6-8-11(10)14/h3-8,12,14-15H,2,9H2,1H3/b4-3-. The number of para-hydroxylation sites is 1. The Labute approximate surface area is 100 Å². The van der Waals surface area contributed by atoms with E-state index in [0.717, 1.165) is 6.42 Å². The molecule has 1 rings (SSSR count). The van der Waals surface area contributed by atoms with Crippen LogP contribution in [0.4, 0.5) is 0 Å². The minimum Gasteiger partial charge on any atom is -0.507 e. The number of aromatic hydroxyl groups is 1. The molecule has 0 aliphatic heterocycles. The average molecular weight is 236 g/mol. The lowest BCUT2D eigenvalue weighted by molar-refractivity contribution is -0.0619. The highest BCUT2D eigenvalue weighted by atomic mass is 16.6. The SMILES string of the molecule is CC/C=C\CC(O)OC(=O)c1ccccc1O.